The van der Waals surface area contributed by atoms with Crippen LogP contribution in [0.2, 0.25) is 0 Å². The zero-order valence-corrected chi connectivity index (χ0v) is 8.86. The van der Waals surface area contributed by atoms with Crippen molar-refractivity contribution in [1.29, 1.82) is 0 Å². The van der Waals surface area contributed by atoms with Gasteiger partial charge < -0.3 is 0 Å². The molecule has 0 aromatic rings. The Kier molecular flexibility index (Phi) is 5.50. The number of rotatable bonds is 6. The normalized spacial score (nSPS) is 14.6. The van der Waals surface area contributed by atoms with Crippen LogP contribution in [0.15, 0.2) is 0 Å². The second kappa shape index (κ2) is 5.54. The Labute approximate surface area is 75.2 Å². The average molecular weight is 194 g/mol. The van der Waals surface area contributed by atoms with Gasteiger partial charge in [0, 0.05) is 0 Å². The SMILES string of the molecule is CCCCC[C@H](C)OS(C)(=O)=O. The molecule has 0 saturated heterocycles. The maximum absolute atomic E-state index is 10.7. The van der Waals surface area contributed by atoms with Gasteiger partial charge in [0.05, 0.1) is 12.4 Å². The minimum atomic E-state index is -3.26. The van der Waals surface area contributed by atoms with Crippen molar-refractivity contribution in [2.75, 3.05) is 6.26 Å². The standard InChI is InChI=1S/C8H18O3S/c1-4-5-6-7-8(2)11-12(3,9)10/h8H,4-7H2,1-3H3/t8-/m0/s1. The zero-order chi connectivity index (χ0) is 9.61. The average Bonchev–Trinajstić information content (AvgIpc) is 1.84. The molecule has 0 aliphatic carbocycles. The molecule has 0 heterocycles. The topological polar surface area (TPSA) is 43.4 Å². The third-order valence-corrected chi connectivity index (χ3v) is 2.23. The molecule has 1 atom stereocenters. The van der Waals surface area contributed by atoms with E-state index in [1.54, 1.807) is 6.92 Å². The van der Waals surface area contributed by atoms with Crippen LogP contribution in [0.5, 0.6) is 0 Å². The first kappa shape index (κ1) is 11.9. The summed E-state index contributed by atoms with van der Waals surface area (Å²) >= 11 is 0. The number of unbranched alkanes of at least 4 members (excludes halogenated alkanes) is 2. The summed E-state index contributed by atoms with van der Waals surface area (Å²) in [6.45, 7) is 3.90. The molecular weight excluding hydrogens is 176 g/mol. The predicted molar refractivity (Wildman–Crippen MR) is 49.5 cm³/mol. The molecule has 0 aliphatic heterocycles. The van der Waals surface area contributed by atoms with Gasteiger partial charge in [0.2, 0.25) is 0 Å². The van der Waals surface area contributed by atoms with Crippen molar-refractivity contribution in [1.82, 2.24) is 0 Å². The fourth-order valence-corrected chi connectivity index (χ4v) is 1.72. The third kappa shape index (κ3) is 8.01. The van der Waals surface area contributed by atoms with Crippen molar-refractivity contribution in [2.45, 2.75) is 45.6 Å². The van der Waals surface area contributed by atoms with E-state index in [0.717, 1.165) is 31.9 Å². The molecule has 0 N–H and O–H groups in total. The summed E-state index contributed by atoms with van der Waals surface area (Å²) in [5.41, 5.74) is 0. The van der Waals surface area contributed by atoms with Crippen molar-refractivity contribution < 1.29 is 12.6 Å². The van der Waals surface area contributed by atoms with Crippen LogP contribution in [-0.2, 0) is 14.3 Å². The van der Waals surface area contributed by atoms with E-state index in [4.69, 9.17) is 4.18 Å². The molecule has 0 fully saturated rings. The Morgan fingerprint density at radius 3 is 2.33 bits per heavy atom. The molecule has 0 saturated carbocycles. The van der Waals surface area contributed by atoms with Gasteiger partial charge in [-0.1, -0.05) is 26.2 Å². The van der Waals surface area contributed by atoms with E-state index in [2.05, 4.69) is 6.92 Å². The Morgan fingerprint density at radius 2 is 1.92 bits per heavy atom. The van der Waals surface area contributed by atoms with E-state index in [1.807, 2.05) is 0 Å². The molecule has 4 heteroatoms. The fourth-order valence-electron chi connectivity index (χ4n) is 1.03. The maximum Gasteiger partial charge on any atom is 0.264 e. The second-order valence-corrected chi connectivity index (χ2v) is 4.71. The Hall–Kier alpha value is -0.0900. The molecule has 0 rings (SSSR count). The molecule has 0 radical (unpaired) electrons. The van der Waals surface area contributed by atoms with Gasteiger partial charge in [-0.3, -0.25) is 4.18 Å². The molecule has 0 unspecified atom stereocenters. The minimum absolute atomic E-state index is 0.174. The van der Waals surface area contributed by atoms with Crippen molar-refractivity contribution >= 4 is 10.1 Å². The lowest BCUT2D eigenvalue weighted by Crippen LogP contribution is -2.13. The molecule has 0 amide bonds. The lowest BCUT2D eigenvalue weighted by atomic mass is 10.1. The van der Waals surface area contributed by atoms with Crippen LogP contribution in [0.25, 0.3) is 0 Å². The van der Waals surface area contributed by atoms with Gasteiger partial charge in [0.1, 0.15) is 0 Å². The van der Waals surface area contributed by atoms with Crippen LogP contribution >= 0.6 is 0 Å². The second-order valence-electron chi connectivity index (χ2n) is 3.11. The molecular formula is C8H18O3S. The van der Waals surface area contributed by atoms with Crippen LogP contribution in [-0.4, -0.2) is 20.8 Å². The number of hydrogen-bond acceptors (Lipinski definition) is 3. The van der Waals surface area contributed by atoms with Crippen molar-refractivity contribution in [2.24, 2.45) is 0 Å². The lowest BCUT2D eigenvalue weighted by molar-refractivity contribution is 0.216. The minimum Gasteiger partial charge on any atom is -0.267 e. The summed E-state index contributed by atoms with van der Waals surface area (Å²) in [6.07, 6.45) is 5.05. The molecule has 0 spiro atoms. The molecule has 0 aliphatic rings. The molecule has 0 aromatic carbocycles. The maximum atomic E-state index is 10.7. The van der Waals surface area contributed by atoms with Gasteiger partial charge in [-0.25, -0.2) is 0 Å². The highest BCUT2D eigenvalue weighted by molar-refractivity contribution is 7.86. The highest BCUT2D eigenvalue weighted by atomic mass is 32.2. The molecule has 0 aromatic heterocycles. The van der Waals surface area contributed by atoms with Gasteiger partial charge in [-0.2, -0.15) is 8.42 Å². The van der Waals surface area contributed by atoms with E-state index in [9.17, 15) is 8.42 Å². The van der Waals surface area contributed by atoms with Crippen LogP contribution in [0.4, 0.5) is 0 Å². The van der Waals surface area contributed by atoms with Crippen LogP contribution in [0.1, 0.15) is 39.5 Å². The van der Waals surface area contributed by atoms with Crippen LogP contribution in [0.3, 0.4) is 0 Å². The summed E-state index contributed by atoms with van der Waals surface area (Å²) in [5.74, 6) is 0. The monoisotopic (exact) mass is 194 g/mol. The summed E-state index contributed by atoms with van der Waals surface area (Å²) in [5, 5.41) is 0. The summed E-state index contributed by atoms with van der Waals surface area (Å²) in [6, 6.07) is 0. The van der Waals surface area contributed by atoms with E-state index < -0.39 is 10.1 Å². The summed E-state index contributed by atoms with van der Waals surface area (Å²) < 4.78 is 26.1. The molecule has 0 bridgehead atoms. The van der Waals surface area contributed by atoms with Crippen LogP contribution < -0.4 is 0 Å². The van der Waals surface area contributed by atoms with Crippen LogP contribution in [0, 0.1) is 0 Å². The van der Waals surface area contributed by atoms with Gasteiger partial charge in [-0.15, -0.1) is 0 Å². The Morgan fingerprint density at radius 1 is 1.33 bits per heavy atom. The van der Waals surface area contributed by atoms with Gasteiger partial charge >= 0.3 is 0 Å². The predicted octanol–water partition coefficient (Wildman–Crippen LogP) is 1.93. The summed E-state index contributed by atoms with van der Waals surface area (Å²) in [4.78, 5) is 0. The fraction of sp³-hybridized carbons (Fsp3) is 1.00. The largest absolute Gasteiger partial charge is 0.267 e. The van der Waals surface area contributed by atoms with Crippen molar-refractivity contribution in [3.05, 3.63) is 0 Å². The quantitative estimate of drug-likeness (QED) is 0.479. The molecule has 74 valence electrons. The van der Waals surface area contributed by atoms with E-state index >= 15 is 0 Å². The van der Waals surface area contributed by atoms with E-state index in [-0.39, 0.29) is 6.10 Å². The molecule has 3 nitrogen and oxygen atoms in total. The first-order chi connectivity index (χ1) is 5.45. The smallest absolute Gasteiger partial charge is 0.264 e. The highest BCUT2D eigenvalue weighted by Gasteiger charge is 2.08. The first-order valence-corrected chi connectivity index (χ1v) is 6.15. The Bertz CT molecular complexity index is 196. The first-order valence-electron chi connectivity index (χ1n) is 4.34. The third-order valence-electron chi connectivity index (χ3n) is 1.55. The number of hydrogen-bond donors (Lipinski definition) is 0. The van der Waals surface area contributed by atoms with E-state index in [1.165, 1.54) is 0 Å². The van der Waals surface area contributed by atoms with Gasteiger partial charge in [0.25, 0.3) is 10.1 Å². The zero-order valence-electron chi connectivity index (χ0n) is 8.04. The lowest BCUT2D eigenvalue weighted by Gasteiger charge is -2.09. The highest BCUT2D eigenvalue weighted by Crippen LogP contribution is 2.07. The van der Waals surface area contributed by atoms with Crippen molar-refractivity contribution in [3.63, 3.8) is 0 Å². The molecule has 12 heavy (non-hydrogen) atoms. The Balaban J connectivity index is 3.53. The summed E-state index contributed by atoms with van der Waals surface area (Å²) in [7, 11) is -3.26. The van der Waals surface area contributed by atoms with Gasteiger partial charge in [-0.05, 0) is 13.3 Å². The van der Waals surface area contributed by atoms with Gasteiger partial charge in [0.15, 0.2) is 0 Å². The van der Waals surface area contributed by atoms with E-state index in [0.29, 0.717) is 0 Å². The van der Waals surface area contributed by atoms with Crippen molar-refractivity contribution in [3.8, 4) is 0 Å².